The Balaban J connectivity index is 1.58. The summed E-state index contributed by atoms with van der Waals surface area (Å²) >= 11 is 5.88. The molecule has 0 spiro atoms. The van der Waals surface area contributed by atoms with E-state index in [1.54, 1.807) is 12.0 Å². The second kappa shape index (κ2) is 7.09. The number of benzene rings is 1. The topological polar surface area (TPSA) is 84.6 Å². The average Bonchev–Trinajstić information content (AvgIpc) is 3.29. The molecule has 1 atom stereocenters. The van der Waals surface area contributed by atoms with Crippen LogP contribution in [0.1, 0.15) is 6.42 Å². The normalized spacial score (nSPS) is 16.9. The van der Waals surface area contributed by atoms with Crippen LogP contribution in [-0.4, -0.2) is 56.8 Å². The number of rotatable bonds is 3. The number of nitrogens with one attached hydrogen (secondary N) is 1. The van der Waals surface area contributed by atoms with Gasteiger partial charge < -0.3 is 15.0 Å². The summed E-state index contributed by atoms with van der Waals surface area (Å²) < 4.78 is 21.0. The molecule has 10 heteroatoms. The van der Waals surface area contributed by atoms with Crippen molar-refractivity contribution in [2.75, 3.05) is 25.5 Å². The summed E-state index contributed by atoms with van der Waals surface area (Å²) in [7, 11) is 1.63. The molecule has 2 amide bonds. The second-order valence-electron chi connectivity index (χ2n) is 6.17. The quantitative estimate of drug-likeness (QED) is 0.743. The molecular weight excluding hydrogens is 375 g/mol. The van der Waals surface area contributed by atoms with Gasteiger partial charge >= 0.3 is 6.03 Å². The molecule has 0 aliphatic carbocycles. The molecule has 4 rings (SSSR count). The summed E-state index contributed by atoms with van der Waals surface area (Å²) in [6.45, 7) is 1.13. The minimum Gasteiger partial charge on any atom is -0.380 e. The third-order valence-electron chi connectivity index (χ3n) is 4.39. The van der Waals surface area contributed by atoms with E-state index in [1.807, 2.05) is 0 Å². The highest BCUT2D eigenvalue weighted by Crippen LogP contribution is 2.25. The standard InChI is InChI=1S/C17H16ClFN6O2/c1-27-12-4-5-24(9-12)17(26)21-11-2-3-14(19)13(6-11)15-22-16-20-7-10(18)8-25(16)23-15/h2-3,6-8,12H,4-5,9H2,1H3,(H,21,26)/t12-/m1/s1. The van der Waals surface area contributed by atoms with Crippen molar-refractivity contribution in [3.8, 4) is 11.4 Å². The Morgan fingerprint density at radius 2 is 2.30 bits per heavy atom. The molecule has 1 aliphatic heterocycles. The number of hydrogen-bond donors (Lipinski definition) is 1. The van der Waals surface area contributed by atoms with Crippen LogP contribution in [0.2, 0.25) is 5.02 Å². The van der Waals surface area contributed by atoms with Crippen LogP contribution in [0.4, 0.5) is 14.9 Å². The molecule has 0 saturated carbocycles. The van der Waals surface area contributed by atoms with Crippen molar-refractivity contribution in [3.05, 3.63) is 41.4 Å². The first-order chi connectivity index (χ1) is 13.0. The molecule has 3 aromatic rings. The number of halogens is 2. The smallest absolute Gasteiger partial charge is 0.321 e. The number of aromatic nitrogens is 4. The first-order valence-corrected chi connectivity index (χ1v) is 8.68. The lowest BCUT2D eigenvalue weighted by atomic mass is 10.2. The third kappa shape index (κ3) is 3.56. The molecule has 2 aromatic heterocycles. The van der Waals surface area contributed by atoms with Gasteiger partial charge in [-0.05, 0) is 24.6 Å². The number of amides is 2. The van der Waals surface area contributed by atoms with Crippen molar-refractivity contribution in [3.63, 3.8) is 0 Å². The lowest BCUT2D eigenvalue weighted by Gasteiger charge is -2.17. The first kappa shape index (κ1) is 17.6. The maximum Gasteiger partial charge on any atom is 0.321 e. The third-order valence-corrected chi connectivity index (χ3v) is 4.58. The molecule has 1 saturated heterocycles. The molecule has 1 aromatic carbocycles. The van der Waals surface area contributed by atoms with Crippen LogP contribution >= 0.6 is 11.6 Å². The highest BCUT2D eigenvalue weighted by atomic mass is 35.5. The molecule has 1 aliphatic rings. The van der Waals surface area contributed by atoms with Crippen LogP contribution in [0.5, 0.6) is 0 Å². The molecule has 3 heterocycles. The largest absolute Gasteiger partial charge is 0.380 e. The molecule has 27 heavy (non-hydrogen) atoms. The van der Waals surface area contributed by atoms with Crippen molar-refractivity contribution >= 4 is 29.1 Å². The number of ether oxygens (including phenoxy) is 1. The zero-order valence-corrected chi connectivity index (χ0v) is 15.1. The fraction of sp³-hybridized carbons (Fsp3) is 0.294. The zero-order valence-electron chi connectivity index (χ0n) is 14.4. The maximum atomic E-state index is 14.3. The number of anilines is 1. The summed E-state index contributed by atoms with van der Waals surface area (Å²) in [5.74, 6) is -0.0551. The van der Waals surface area contributed by atoms with Gasteiger partial charge in [0.15, 0.2) is 5.82 Å². The van der Waals surface area contributed by atoms with E-state index in [1.165, 1.54) is 35.1 Å². The predicted molar refractivity (Wildman–Crippen MR) is 97.2 cm³/mol. The Hall–Kier alpha value is -2.78. The van der Waals surface area contributed by atoms with Crippen LogP contribution in [0, 0.1) is 5.82 Å². The molecule has 1 fully saturated rings. The van der Waals surface area contributed by atoms with E-state index in [0.717, 1.165) is 6.42 Å². The summed E-state index contributed by atoms with van der Waals surface area (Å²) in [6, 6.07) is 3.99. The highest BCUT2D eigenvalue weighted by molar-refractivity contribution is 6.30. The van der Waals surface area contributed by atoms with Crippen molar-refractivity contribution < 1.29 is 13.9 Å². The van der Waals surface area contributed by atoms with E-state index in [4.69, 9.17) is 16.3 Å². The van der Waals surface area contributed by atoms with E-state index >= 15 is 0 Å². The SMILES string of the molecule is CO[C@@H]1CCN(C(=O)Nc2ccc(F)c(-c3nc4ncc(Cl)cn4n3)c2)C1. The molecular formula is C17H16ClFN6O2. The minimum absolute atomic E-state index is 0.0426. The lowest BCUT2D eigenvalue weighted by molar-refractivity contribution is 0.111. The number of methoxy groups -OCH3 is 1. The Morgan fingerprint density at radius 3 is 3.07 bits per heavy atom. The van der Waals surface area contributed by atoms with Crippen LogP contribution < -0.4 is 5.32 Å². The van der Waals surface area contributed by atoms with Crippen LogP contribution in [0.15, 0.2) is 30.6 Å². The van der Waals surface area contributed by atoms with Crippen LogP contribution in [0.3, 0.4) is 0 Å². The average molecular weight is 391 g/mol. The van der Waals surface area contributed by atoms with E-state index in [2.05, 4.69) is 20.4 Å². The van der Waals surface area contributed by atoms with Crippen LogP contribution in [-0.2, 0) is 4.74 Å². The lowest BCUT2D eigenvalue weighted by Crippen LogP contribution is -2.33. The van der Waals surface area contributed by atoms with Gasteiger partial charge in [-0.3, -0.25) is 0 Å². The van der Waals surface area contributed by atoms with Gasteiger partial charge in [0.05, 0.1) is 29.1 Å². The van der Waals surface area contributed by atoms with Gasteiger partial charge in [0.2, 0.25) is 0 Å². The first-order valence-electron chi connectivity index (χ1n) is 8.30. The molecule has 8 nitrogen and oxygen atoms in total. The number of hydrogen-bond acceptors (Lipinski definition) is 5. The fourth-order valence-electron chi connectivity index (χ4n) is 2.96. The Kier molecular flexibility index (Phi) is 4.63. The summed E-state index contributed by atoms with van der Waals surface area (Å²) in [5, 5.41) is 7.37. The number of nitrogens with zero attached hydrogens (tertiary/aromatic N) is 5. The Bertz CT molecular complexity index is 1010. The number of carbonyl (C=O) groups excluding carboxylic acids is 1. The zero-order chi connectivity index (χ0) is 19.0. The van der Waals surface area contributed by atoms with E-state index in [9.17, 15) is 9.18 Å². The van der Waals surface area contributed by atoms with Crippen molar-refractivity contribution in [2.45, 2.75) is 12.5 Å². The number of likely N-dealkylation sites (tertiary alicyclic amines) is 1. The Morgan fingerprint density at radius 1 is 1.44 bits per heavy atom. The molecule has 0 bridgehead atoms. The van der Waals surface area contributed by atoms with E-state index < -0.39 is 5.82 Å². The van der Waals surface area contributed by atoms with Gasteiger partial charge in [-0.2, -0.15) is 4.98 Å². The van der Waals surface area contributed by atoms with Gasteiger partial charge in [0.1, 0.15) is 5.82 Å². The van der Waals surface area contributed by atoms with Gasteiger partial charge in [0.25, 0.3) is 5.78 Å². The summed E-state index contributed by atoms with van der Waals surface area (Å²) in [4.78, 5) is 22.3. The maximum absolute atomic E-state index is 14.3. The molecule has 1 N–H and O–H groups in total. The van der Waals surface area contributed by atoms with Crippen molar-refractivity contribution in [1.82, 2.24) is 24.5 Å². The van der Waals surface area contributed by atoms with E-state index in [-0.39, 0.29) is 23.5 Å². The van der Waals surface area contributed by atoms with E-state index in [0.29, 0.717) is 29.6 Å². The van der Waals surface area contributed by atoms with Crippen molar-refractivity contribution in [2.24, 2.45) is 0 Å². The summed E-state index contributed by atoms with van der Waals surface area (Å²) in [5.41, 5.74) is 0.604. The Labute approximate surface area is 158 Å². The number of urea groups is 1. The highest BCUT2D eigenvalue weighted by Gasteiger charge is 2.26. The monoisotopic (exact) mass is 390 g/mol. The molecule has 0 radical (unpaired) electrons. The second-order valence-corrected chi connectivity index (χ2v) is 6.61. The minimum atomic E-state index is -0.504. The van der Waals surface area contributed by atoms with Crippen molar-refractivity contribution in [1.29, 1.82) is 0 Å². The number of carbonyl (C=O) groups is 1. The van der Waals surface area contributed by atoms with Crippen LogP contribution in [0.25, 0.3) is 17.2 Å². The van der Waals surface area contributed by atoms with Gasteiger partial charge in [-0.15, -0.1) is 5.10 Å². The fourth-order valence-corrected chi connectivity index (χ4v) is 3.10. The molecule has 140 valence electrons. The van der Waals surface area contributed by atoms with Gasteiger partial charge in [-0.1, -0.05) is 11.6 Å². The molecule has 0 unspecified atom stereocenters. The summed E-state index contributed by atoms with van der Waals surface area (Å²) in [6.07, 6.45) is 3.80. The van der Waals surface area contributed by atoms with Gasteiger partial charge in [-0.25, -0.2) is 18.7 Å². The predicted octanol–water partition coefficient (Wildman–Crippen LogP) is 2.84. The van der Waals surface area contributed by atoms with Gasteiger partial charge in [0, 0.05) is 25.9 Å². The number of fused-ring (bicyclic) bond motifs is 1.